The van der Waals surface area contributed by atoms with Gasteiger partial charge in [0.15, 0.2) is 0 Å². The number of non-ortho nitro benzene ring substituents is 1. The van der Waals surface area contributed by atoms with Crippen molar-refractivity contribution in [1.82, 2.24) is 0 Å². The number of nitro groups is 1. The van der Waals surface area contributed by atoms with Crippen molar-refractivity contribution in [2.75, 3.05) is 19.1 Å². The Kier molecular flexibility index (Phi) is 5.99. The van der Waals surface area contributed by atoms with Crippen LogP contribution in [0.5, 0.6) is 11.5 Å². The van der Waals surface area contributed by atoms with Crippen LogP contribution in [0.3, 0.4) is 0 Å². The third-order valence-electron chi connectivity index (χ3n) is 7.84. The summed E-state index contributed by atoms with van der Waals surface area (Å²) < 4.78 is 10.7. The van der Waals surface area contributed by atoms with Crippen LogP contribution in [0.1, 0.15) is 11.1 Å². The van der Waals surface area contributed by atoms with Crippen LogP contribution in [-0.4, -0.2) is 31.0 Å². The molecule has 196 valence electrons. The number of fused-ring (bicyclic) bond motifs is 5. The molecule has 0 aromatic heterocycles. The lowest BCUT2D eigenvalue weighted by atomic mass is 9.85. The third kappa shape index (κ3) is 3.82. The zero-order valence-electron chi connectivity index (χ0n) is 21.0. The van der Waals surface area contributed by atoms with Gasteiger partial charge in [0.05, 0.1) is 41.7 Å². The Morgan fingerprint density at radius 2 is 1.31 bits per heavy atom. The summed E-state index contributed by atoms with van der Waals surface area (Å²) >= 11 is 6.33. The number of nitrogens with zero attached hydrogens (tertiary/aromatic N) is 2. The Hall–Kier alpha value is -4.43. The fourth-order valence-electron chi connectivity index (χ4n) is 6.14. The normalized spacial score (nSPS) is 22.8. The number of allylic oxidation sites excluding steroid dienone is 3. The summed E-state index contributed by atoms with van der Waals surface area (Å²) in [5.74, 6) is -1.21. The molecule has 0 N–H and O–H groups in total. The minimum absolute atomic E-state index is 0.0470. The molecular formula is C30H23ClN2O6. The number of methoxy groups -OCH3 is 2. The van der Waals surface area contributed by atoms with Gasteiger partial charge in [-0.15, -0.1) is 0 Å². The molecule has 3 aliphatic rings. The number of rotatable bonds is 6. The molecule has 1 aliphatic heterocycles. The van der Waals surface area contributed by atoms with Gasteiger partial charge in [0.1, 0.15) is 11.5 Å². The molecule has 1 saturated heterocycles. The van der Waals surface area contributed by atoms with Crippen molar-refractivity contribution in [2.24, 2.45) is 23.7 Å². The Balaban J connectivity index is 1.47. The van der Waals surface area contributed by atoms with Gasteiger partial charge in [-0.2, -0.15) is 0 Å². The predicted octanol–water partition coefficient (Wildman–Crippen LogP) is 5.69. The summed E-state index contributed by atoms with van der Waals surface area (Å²) in [6.45, 7) is 0. The molecule has 39 heavy (non-hydrogen) atoms. The molecule has 6 rings (SSSR count). The third-order valence-corrected chi connectivity index (χ3v) is 8.16. The van der Waals surface area contributed by atoms with Crippen molar-refractivity contribution in [3.05, 3.63) is 111 Å². The Bertz CT molecular complexity index is 1490. The summed E-state index contributed by atoms with van der Waals surface area (Å²) in [6.07, 6.45) is 4.00. The van der Waals surface area contributed by atoms with Crippen LogP contribution in [-0.2, 0) is 9.59 Å². The standard InChI is InChI=1S/C30H23ClN2O6/c1-38-19-8-3-16(4-9-19)25(17-5-10-20(39-2)11-6-17)26-21-12-13-22(26)28-27(21)29(34)32(30(28)35)24-15-18(33(36)37)7-14-23(24)31/h3-15,21-22,27-28H,1-2H3/t21-,22-,27+,28+/m1/s1. The van der Waals surface area contributed by atoms with Gasteiger partial charge in [0.25, 0.3) is 5.69 Å². The molecule has 2 bridgehead atoms. The number of carbonyl (C=O) groups excluding carboxylic acids is 2. The molecule has 0 spiro atoms. The van der Waals surface area contributed by atoms with E-state index in [1.165, 1.54) is 18.2 Å². The first-order valence-electron chi connectivity index (χ1n) is 12.4. The molecule has 0 radical (unpaired) electrons. The van der Waals surface area contributed by atoms with Crippen LogP contribution in [0.2, 0.25) is 5.02 Å². The second-order valence-electron chi connectivity index (χ2n) is 9.68. The van der Waals surface area contributed by atoms with Crippen molar-refractivity contribution in [2.45, 2.75) is 0 Å². The molecule has 2 amide bonds. The van der Waals surface area contributed by atoms with Crippen molar-refractivity contribution >= 4 is 40.4 Å². The number of imide groups is 1. The summed E-state index contributed by atoms with van der Waals surface area (Å²) in [5.41, 5.74) is 3.64. The van der Waals surface area contributed by atoms with E-state index in [2.05, 4.69) is 0 Å². The molecule has 3 aromatic carbocycles. The highest BCUT2D eigenvalue weighted by Crippen LogP contribution is 2.59. The highest BCUT2D eigenvalue weighted by atomic mass is 35.5. The summed E-state index contributed by atoms with van der Waals surface area (Å²) in [6, 6.07) is 19.2. The monoisotopic (exact) mass is 542 g/mol. The van der Waals surface area contributed by atoms with Gasteiger partial charge in [0.2, 0.25) is 11.8 Å². The summed E-state index contributed by atoms with van der Waals surface area (Å²) in [7, 11) is 3.22. The van der Waals surface area contributed by atoms with E-state index in [9.17, 15) is 19.7 Å². The van der Waals surface area contributed by atoms with Crippen LogP contribution in [0, 0.1) is 33.8 Å². The molecule has 3 aromatic rings. The van der Waals surface area contributed by atoms with Crippen LogP contribution in [0.4, 0.5) is 11.4 Å². The number of benzene rings is 3. The first kappa shape index (κ1) is 24.9. The average Bonchev–Trinajstić information content (AvgIpc) is 3.58. The largest absolute Gasteiger partial charge is 0.497 e. The van der Waals surface area contributed by atoms with Crippen LogP contribution >= 0.6 is 11.6 Å². The van der Waals surface area contributed by atoms with Gasteiger partial charge < -0.3 is 9.47 Å². The van der Waals surface area contributed by atoms with Crippen molar-refractivity contribution in [3.8, 4) is 11.5 Å². The SMILES string of the molecule is COc1ccc(C(=C2[C@H]3C=C[C@H]2[C@@H]2C(=O)N(c4cc([N+](=O)[O-])ccc4Cl)C(=O)[C@H]23)c2ccc(OC)cc2)cc1. The molecule has 8 nitrogen and oxygen atoms in total. The predicted molar refractivity (Wildman–Crippen MR) is 146 cm³/mol. The summed E-state index contributed by atoms with van der Waals surface area (Å²) in [4.78, 5) is 39.5. The van der Waals surface area contributed by atoms with Crippen molar-refractivity contribution in [1.29, 1.82) is 0 Å². The highest BCUT2D eigenvalue weighted by molar-refractivity contribution is 6.36. The number of halogens is 1. The Labute approximate surface area is 229 Å². The maximum Gasteiger partial charge on any atom is 0.271 e. The maximum absolute atomic E-state index is 13.8. The van der Waals surface area contributed by atoms with Crippen molar-refractivity contribution < 1.29 is 24.0 Å². The maximum atomic E-state index is 13.8. The summed E-state index contributed by atoms with van der Waals surface area (Å²) in [5, 5.41) is 11.5. The lowest BCUT2D eigenvalue weighted by molar-refractivity contribution is -0.384. The Morgan fingerprint density at radius 3 is 1.74 bits per heavy atom. The van der Waals surface area contributed by atoms with Gasteiger partial charge in [-0.1, -0.05) is 48.0 Å². The van der Waals surface area contributed by atoms with E-state index < -0.39 is 28.6 Å². The van der Waals surface area contributed by atoms with E-state index in [4.69, 9.17) is 21.1 Å². The zero-order chi connectivity index (χ0) is 27.4. The zero-order valence-corrected chi connectivity index (χ0v) is 21.8. The van der Waals surface area contributed by atoms with Gasteiger partial charge in [0, 0.05) is 24.0 Å². The van der Waals surface area contributed by atoms with Gasteiger partial charge in [-0.3, -0.25) is 19.7 Å². The fraction of sp³-hybridized carbons (Fsp3) is 0.200. The second kappa shape index (κ2) is 9.39. The van der Waals surface area contributed by atoms with E-state index >= 15 is 0 Å². The molecule has 2 aliphatic carbocycles. The van der Waals surface area contributed by atoms with E-state index in [0.29, 0.717) is 0 Å². The molecule has 2 fully saturated rings. The second-order valence-corrected chi connectivity index (χ2v) is 10.1. The number of carbonyl (C=O) groups is 2. The number of hydrogen-bond acceptors (Lipinski definition) is 6. The number of nitro benzene ring substituents is 1. The highest BCUT2D eigenvalue weighted by Gasteiger charge is 2.62. The Morgan fingerprint density at radius 1 is 0.821 bits per heavy atom. The smallest absolute Gasteiger partial charge is 0.271 e. The van der Waals surface area contributed by atoms with Gasteiger partial charge in [-0.05, 0) is 52.6 Å². The van der Waals surface area contributed by atoms with Gasteiger partial charge >= 0.3 is 0 Å². The van der Waals surface area contributed by atoms with E-state index in [0.717, 1.165) is 38.7 Å². The lowest BCUT2D eigenvalue weighted by Gasteiger charge is -2.22. The minimum atomic E-state index is -0.621. The minimum Gasteiger partial charge on any atom is -0.497 e. The molecule has 1 heterocycles. The van der Waals surface area contributed by atoms with Crippen molar-refractivity contribution in [3.63, 3.8) is 0 Å². The lowest BCUT2D eigenvalue weighted by Crippen LogP contribution is -2.33. The first-order chi connectivity index (χ1) is 18.8. The number of amides is 2. The van der Waals surface area contributed by atoms with E-state index in [1.54, 1.807) is 14.2 Å². The molecule has 9 heteroatoms. The van der Waals surface area contributed by atoms with E-state index in [1.807, 2.05) is 60.7 Å². The number of ether oxygens (including phenoxy) is 2. The number of anilines is 1. The number of hydrogen-bond donors (Lipinski definition) is 0. The quantitative estimate of drug-likeness (QED) is 0.172. The fourth-order valence-corrected chi connectivity index (χ4v) is 6.34. The average molecular weight is 543 g/mol. The molecule has 1 saturated carbocycles. The van der Waals surface area contributed by atoms with Crippen LogP contribution in [0.25, 0.3) is 5.57 Å². The van der Waals surface area contributed by atoms with Crippen LogP contribution < -0.4 is 14.4 Å². The van der Waals surface area contributed by atoms with E-state index in [-0.39, 0.29) is 28.2 Å². The molecular weight excluding hydrogens is 520 g/mol. The first-order valence-corrected chi connectivity index (χ1v) is 12.7. The van der Waals surface area contributed by atoms with Gasteiger partial charge in [-0.25, -0.2) is 4.90 Å². The van der Waals surface area contributed by atoms with Crippen LogP contribution in [0.15, 0.2) is 84.5 Å². The topological polar surface area (TPSA) is 99.0 Å². The molecule has 0 unspecified atom stereocenters. The molecule has 4 atom stereocenters.